The lowest BCUT2D eigenvalue weighted by molar-refractivity contribution is -0.126. The van der Waals surface area contributed by atoms with E-state index in [9.17, 15) is 9.59 Å². The van der Waals surface area contributed by atoms with E-state index in [1.807, 2.05) is 24.4 Å². The number of rotatable bonds is 3. The van der Waals surface area contributed by atoms with Gasteiger partial charge in [0.1, 0.15) is 5.75 Å². The summed E-state index contributed by atoms with van der Waals surface area (Å²) in [4.78, 5) is 21.7. The van der Waals surface area contributed by atoms with Crippen LogP contribution in [0.3, 0.4) is 0 Å². The molecule has 0 saturated heterocycles. The van der Waals surface area contributed by atoms with Crippen LogP contribution in [0.25, 0.3) is 0 Å². The number of aryl methyl sites for hydroxylation is 1. The maximum Gasteiger partial charge on any atom is 0.318 e. The first kappa shape index (κ1) is 12.0. The van der Waals surface area contributed by atoms with E-state index in [1.165, 1.54) is 6.92 Å². The fourth-order valence-corrected chi connectivity index (χ4v) is 1.10. The van der Waals surface area contributed by atoms with Gasteiger partial charge in [0.2, 0.25) is 0 Å². The van der Waals surface area contributed by atoms with Crippen molar-refractivity contribution in [1.29, 1.82) is 0 Å². The standard InChI is InChI=1S/C11H14N2O3/c1-7-3-5-9(6-4-7)16-8(2)10(14)13-11(12)15/h3-6,8H,1-2H3,(H3,12,13,14,15)/t8-/m0/s1. The van der Waals surface area contributed by atoms with Gasteiger partial charge in [-0.2, -0.15) is 0 Å². The molecule has 1 aromatic carbocycles. The van der Waals surface area contributed by atoms with Crippen molar-refractivity contribution in [1.82, 2.24) is 5.32 Å². The number of imide groups is 1. The molecule has 0 saturated carbocycles. The predicted octanol–water partition coefficient (Wildman–Crippen LogP) is 0.957. The maximum atomic E-state index is 11.3. The zero-order chi connectivity index (χ0) is 12.1. The summed E-state index contributed by atoms with van der Waals surface area (Å²) in [6, 6.07) is 6.36. The number of hydrogen-bond donors (Lipinski definition) is 2. The second kappa shape index (κ2) is 5.16. The molecular weight excluding hydrogens is 208 g/mol. The Balaban J connectivity index is 2.57. The highest BCUT2D eigenvalue weighted by molar-refractivity contribution is 5.95. The van der Waals surface area contributed by atoms with Crippen LogP contribution >= 0.6 is 0 Å². The van der Waals surface area contributed by atoms with Gasteiger partial charge >= 0.3 is 6.03 Å². The predicted molar refractivity (Wildman–Crippen MR) is 59.0 cm³/mol. The van der Waals surface area contributed by atoms with Gasteiger partial charge in [0.15, 0.2) is 6.10 Å². The van der Waals surface area contributed by atoms with Crippen molar-refractivity contribution in [3.05, 3.63) is 29.8 Å². The van der Waals surface area contributed by atoms with Crippen LogP contribution in [-0.2, 0) is 4.79 Å². The Hall–Kier alpha value is -2.04. The van der Waals surface area contributed by atoms with Crippen LogP contribution in [-0.4, -0.2) is 18.0 Å². The van der Waals surface area contributed by atoms with Gasteiger partial charge in [-0.3, -0.25) is 10.1 Å². The van der Waals surface area contributed by atoms with Crippen LogP contribution in [0.5, 0.6) is 5.75 Å². The first-order valence-electron chi connectivity index (χ1n) is 4.82. The highest BCUT2D eigenvalue weighted by atomic mass is 16.5. The van der Waals surface area contributed by atoms with Crippen LogP contribution < -0.4 is 15.8 Å². The van der Waals surface area contributed by atoms with Gasteiger partial charge in [-0.1, -0.05) is 17.7 Å². The molecule has 1 aromatic rings. The van der Waals surface area contributed by atoms with Crippen LogP contribution in [0.15, 0.2) is 24.3 Å². The lowest BCUT2D eigenvalue weighted by Crippen LogP contribution is -2.42. The molecule has 0 aromatic heterocycles. The molecule has 5 nitrogen and oxygen atoms in total. The third-order valence-corrected chi connectivity index (χ3v) is 1.95. The van der Waals surface area contributed by atoms with Crippen LogP contribution in [0.2, 0.25) is 0 Å². The summed E-state index contributed by atoms with van der Waals surface area (Å²) >= 11 is 0. The SMILES string of the molecule is Cc1ccc(O[C@@H](C)C(=O)NC(N)=O)cc1. The van der Waals surface area contributed by atoms with Gasteiger partial charge in [0.05, 0.1) is 0 Å². The summed E-state index contributed by atoms with van der Waals surface area (Å²) in [5, 5.41) is 1.95. The van der Waals surface area contributed by atoms with E-state index in [4.69, 9.17) is 10.5 Å². The summed E-state index contributed by atoms with van der Waals surface area (Å²) in [7, 11) is 0. The number of carbonyl (C=O) groups excluding carboxylic acids is 2. The van der Waals surface area contributed by atoms with Crippen molar-refractivity contribution in [2.45, 2.75) is 20.0 Å². The maximum absolute atomic E-state index is 11.3. The van der Waals surface area contributed by atoms with E-state index in [2.05, 4.69) is 0 Å². The fraction of sp³-hybridized carbons (Fsp3) is 0.273. The third-order valence-electron chi connectivity index (χ3n) is 1.95. The summed E-state index contributed by atoms with van der Waals surface area (Å²) in [5.74, 6) is 0.00537. The van der Waals surface area contributed by atoms with Crippen LogP contribution in [0, 0.1) is 6.92 Å². The number of hydrogen-bond acceptors (Lipinski definition) is 3. The number of nitrogens with one attached hydrogen (secondary N) is 1. The second-order valence-electron chi connectivity index (χ2n) is 3.43. The molecule has 3 N–H and O–H groups in total. The molecule has 0 unspecified atom stereocenters. The average molecular weight is 222 g/mol. The lowest BCUT2D eigenvalue weighted by Gasteiger charge is -2.13. The molecule has 0 bridgehead atoms. The van der Waals surface area contributed by atoms with Gasteiger partial charge in [0, 0.05) is 0 Å². The normalized spacial score (nSPS) is 11.6. The summed E-state index contributed by atoms with van der Waals surface area (Å²) in [5.41, 5.74) is 5.92. The summed E-state index contributed by atoms with van der Waals surface area (Å²) < 4.78 is 5.31. The zero-order valence-electron chi connectivity index (χ0n) is 9.19. The third kappa shape index (κ3) is 3.61. The Morgan fingerprint density at radius 2 is 1.88 bits per heavy atom. The van der Waals surface area contributed by atoms with E-state index < -0.39 is 18.0 Å². The molecule has 16 heavy (non-hydrogen) atoms. The zero-order valence-corrected chi connectivity index (χ0v) is 9.19. The van der Waals surface area contributed by atoms with Gasteiger partial charge in [0.25, 0.3) is 5.91 Å². The van der Waals surface area contributed by atoms with Crippen molar-refractivity contribution in [2.24, 2.45) is 5.73 Å². The number of primary amides is 1. The van der Waals surface area contributed by atoms with Gasteiger partial charge in [-0.25, -0.2) is 4.79 Å². The Morgan fingerprint density at radius 3 is 2.38 bits per heavy atom. The summed E-state index contributed by atoms with van der Waals surface area (Å²) in [6.45, 7) is 3.49. The number of amides is 3. The minimum atomic E-state index is -0.885. The quantitative estimate of drug-likeness (QED) is 0.799. The van der Waals surface area contributed by atoms with E-state index in [0.717, 1.165) is 5.56 Å². The smallest absolute Gasteiger partial charge is 0.318 e. The average Bonchev–Trinajstić information content (AvgIpc) is 2.20. The molecule has 1 rings (SSSR count). The molecule has 3 amide bonds. The van der Waals surface area contributed by atoms with Crippen molar-refractivity contribution >= 4 is 11.9 Å². The topological polar surface area (TPSA) is 81.4 Å². The van der Waals surface area contributed by atoms with Crippen molar-refractivity contribution < 1.29 is 14.3 Å². The molecule has 5 heteroatoms. The van der Waals surface area contributed by atoms with Gasteiger partial charge in [-0.05, 0) is 26.0 Å². The van der Waals surface area contributed by atoms with E-state index >= 15 is 0 Å². The molecule has 0 heterocycles. The van der Waals surface area contributed by atoms with E-state index in [0.29, 0.717) is 5.75 Å². The Morgan fingerprint density at radius 1 is 1.31 bits per heavy atom. The Kier molecular flexibility index (Phi) is 3.88. The Labute approximate surface area is 93.6 Å². The van der Waals surface area contributed by atoms with Crippen molar-refractivity contribution in [3.8, 4) is 5.75 Å². The highest BCUT2D eigenvalue weighted by Crippen LogP contribution is 2.13. The molecule has 0 aliphatic carbocycles. The first-order valence-corrected chi connectivity index (χ1v) is 4.82. The summed E-state index contributed by atoms with van der Waals surface area (Å²) in [6.07, 6.45) is -0.768. The molecule has 86 valence electrons. The number of carbonyl (C=O) groups is 2. The van der Waals surface area contributed by atoms with E-state index in [-0.39, 0.29) is 0 Å². The monoisotopic (exact) mass is 222 g/mol. The lowest BCUT2D eigenvalue weighted by atomic mass is 10.2. The molecular formula is C11H14N2O3. The number of ether oxygens (including phenoxy) is 1. The highest BCUT2D eigenvalue weighted by Gasteiger charge is 2.15. The molecule has 1 atom stereocenters. The molecule has 0 radical (unpaired) electrons. The van der Waals surface area contributed by atoms with Crippen LogP contribution in [0.4, 0.5) is 4.79 Å². The van der Waals surface area contributed by atoms with Gasteiger partial charge < -0.3 is 10.5 Å². The largest absolute Gasteiger partial charge is 0.481 e. The van der Waals surface area contributed by atoms with Crippen molar-refractivity contribution in [3.63, 3.8) is 0 Å². The minimum Gasteiger partial charge on any atom is -0.481 e. The molecule has 0 aliphatic rings. The Bertz CT molecular complexity index is 387. The number of nitrogens with two attached hydrogens (primary N) is 1. The fourth-order valence-electron chi connectivity index (χ4n) is 1.10. The van der Waals surface area contributed by atoms with Gasteiger partial charge in [-0.15, -0.1) is 0 Å². The second-order valence-corrected chi connectivity index (χ2v) is 3.43. The molecule has 0 aliphatic heterocycles. The molecule has 0 fully saturated rings. The number of urea groups is 1. The van der Waals surface area contributed by atoms with Crippen molar-refractivity contribution in [2.75, 3.05) is 0 Å². The minimum absolute atomic E-state index is 0.562. The molecule has 0 spiro atoms. The number of benzene rings is 1. The first-order chi connectivity index (χ1) is 7.49. The van der Waals surface area contributed by atoms with Crippen LogP contribution in [0.1, 0.15) is 12.5 Å². The van der Waals surface area contributed by atoms with E-state index in [1.54, 1.807) is 12.1 Å².